The van der Waals surface area contributed by atoms with Crippen LogP contribution in [-0.2, 0) is 5.54 Å². The van der Waals surface area contributed by atoms with Crippen molar-refractivity contribution in [3.8, 4) is 11.4 Å². The fourth-order valence-electron chi connectivity index (χ4n) is 1.67. The van der Waals surface area contributed by atoms with Crippen LogP contribution in [0.1, 0.15) is 31.1 Å². The van der Waals surface area contributed by atoms with E-state index in [2.05, 4.69) is 20.4 Å². The van der Waals surface area contributed by atoms with Crippen LogP contribution in [0.25, 0.3) is 11.4 Å². The second kappa shape index (κ2) is 4.49. The molecule has 2 heterocycles. The second-order valence-electron chi connectivity index (χ2n) is 4.94. The van der Waals surface area contributed by atoms with Crippen molar-refractivity contribution in [1.82, 2.24) is 20.4 Å². The molecule has 0 radical (unpaired) electrons. The molecular formula is C13H18N4O. The maximum atomic E-state index is 5.31. The molecule has 0 saturated heterocycles. The lowest BCUT2D eigenvalue weighted by Gasteiger charge is -2.17. The van der Waals surface area contributed by atoms with E-state index >= 15 is 0 Å². The Hall–Kier alpha value is -1.75. The Morgan fingerprint density at radius 3 is 2.28 bits per heavy atom. The van der Waals surface area contributed by atoms with Gasteiger partial charge in [0.2, 0.25) is 11.7 Å². The van der Waals surface area contributed by atoms with Gasteiger partial charge >= 0.3 is 0 Å². The summed E-state index contributed by atoms with van der Waals surface area (Å²) in [5, 5.41) is 7.17. The molecule has 0 spiro atoms. The van der Waals surface area contributed by atoms with Crippen LogP contribution in [0.3, 0.4) is 0 Å². The van der Waals surface area contributed by atoms with Crippen molar-refractivity contribution in [3.63, 3.8) is 0 Å². The average Bonchev–Trinajstić information content (AvgIpc) is 2.77. The lowest BCUT2D eigenvalue weighted by Crippen LogP contribution is -2.33. The third-order valence-corrected chi connectivity index (χ3v) is 2.93. The highest BCUT2D eigenvalue weighted by Crippen LogP contribution is 2.22. The van der Waals surface area contributed by atoms with Crippen molar-refractivity contribution >= 4 is 0 Å². The third kappa shape index (κ3) is 2.41. The highest BCUT2D eigenvalue weighted by atomic mass is 16.5. The molecule has 5 heteroatoms. The summed E-state index contributed by atoms with van der Waals surface area (Å²) in [6, 6.07) is 3.90. The minimum atomic E-state index is -0.331. The summed E-state index contributed by atoms with van der Waals surface area (Å²) in [7, 11) is 1.87. The summed E-state index contributed by atoms with van der Waals surface area (Å²) in [6.07, 6.45) is 0. The molecule has 96 valence electrons. The summed E-state index contributed by atoms with van der Waals surface area (Å²) < 4.78 is 5.31. The van der Waals surface area contributed by atoms with Gasteiger partial charge < -0.3 is 9.84 Å². The highest BCUT2D eigenvalue weighted by Gasteiger charge is 2.25. The number of rotatable bonds is 3. The van der Waals surface area contributed by atoms with Gasteiger partial charge in [0, 0.05) is 17.0 Å². The molecule has 0 saturated carbocycles. The lowest BCUT2D eigenvalue weighted by molar-refractivity contribution is 0.281. The van der Waals surface area contributed by atoms with Crippen molar-refractivity contribution in [2.75, 3.05) is 7.05 Å². The van der Waals surface area contributed by atoms with Crippen molar-refractivity contribution in [2.45, 2.75) is 33.2 Å². The first-order valence-electron chi connectivity index (χ1n) is 5.91. The molecule has 5 nitrogen and oxygen atoms in total. The number of aromatic nitrogens is 3. The fourth-order valence-corrected chi connectivity index (χ4v) is 1.67. The zero-order valence-electron chi connectivity index (χ0n) is 11.4. The number of nitrogens with one attached hydrogen (secondary N) is 1. The highest BCUT2D eigenvalue weighted by molar-refractivity contribution is 5.55. The summed E-state index contributed by atoms with van der Waals surface area (Å²) >= 11 is 0. The molecule has 2 aromatic rings. The molecule has 0 aromatic carbocycles. The molecule has 2 aromatic heterocycles. The molecule has 0 aliphatic rings. The van der Waals surface area contributed by atoms with Crippen LogP contribution in [0.2, 0.25) is 0 Å². The van der Waals surface area contributed by atoms with E-state index in [-0.39, 0.29) is 5.54 Å². The quantitative estimate of drug-likeness (QED) is 0.899. The van der Waals surface area contributed by atoms with Gasteiger partial charge in [0.1, 0.15) is 0 Å². The number of hydrogen-bond donors (Lipinski definition) is 1. The van der Waals surface area contributed by atoms with E-state index in [9.17, 15) is 0 Å². The number of hydrogen-bond acceptors (Lipinski definition) is 5. The summed E-state index contributed by atoms with van der Waals surface area (Å²) in [5.41, 5.74) is 2.50. The third-order valence-electron chi connectivity index (χ3n) is 2.93. The molecule has 0 bridgehead atoms. The predicted molar refractivity (Wildman–Crippen MR) is 69.1 cm³/mol. The van der Waals surface area contributed by atoms with Gasteiger partial charge in [0.25, 0.3) is 0 Å². The number of nitrogens with zero attached hydrogens (tertiary/aromatic N) is 3. The number of aryl methyl sites for hydroxylation is 2. The fraction of sp³-hybridized carbons (Fsp3) is 0.462. The van der Waals surface area contributed by atoms with E-state index in [0.29, 0.717) is 11.7 Å². The van der Waals surface area contributed by atoms with Crippen molar-refractivity contribution < 1.29 is 4.52 Å². The Morgan fingerprint density at radius 1 is 1.11 bits per heavy atom. The maximum Gasteiger partial charge on any atom is 0.246 e. The molecule has 0 unspecified atom stereocenters. The topological polar surface area (TPSA) is 63.8 Å². The largest absolute Gasteiger partial charge is 0.337 e. The van der Waals surface area contributed by atoms with Crippen molar-refractivity contribution in [2.24, 2.45) is 0 Å². The van der Waals surface area contributed by atoms with Gasteiger partial charge in [-0.1, -0.05) is 5.16 Å². The van der Waals surface area contributed by atoms with E-state index in [1.54, 1.807) is 0 Å². The molecule has 0 fully saturated rings. The molecule has 2 rings (SSSR count). The smallest absolute Gasteiger partial charge is 0.246 e. The Labute approximate surface area is 107 Å². The average molecular weight is 246 g/mol. The first-order chi connectivity index (χ1) is 8.42. The van der Waals surface area contributed by atoms with Gasteiger partial charge in [0.05, 0.1) is 5.54 Å². The van der Waals surface area contributed by atoms with Gasteiger partial charge in [-0.15, -0.1) is 0 Å². The van der Waals surface area contributed by atoms with Crippen LogP contribution in [0.15, 0.2) is 16.7 Å². The predicted octanol–water partition coefficient (Wildman–Crippen LogP) is 2.20. The van der Waals surface area contributed by atoms with E-state index < -0.39 is 0 Å². The van der Waals surface area contributed by atoms with Gasteiger partial charge in [-0.2, -0.15) is 4.98 Å². The van der Waals surface area contributed by atoms with E-state index in [1.165, 1.54) is 0 Å². The van der Waals surface area contributed by atoms with Crippen molar-refractivity contribution in [3.05, 3.63) is 29.4 Å². The van der Waals surface area contributed by atoms with Crippen LogP contribution in [0.4, 0.5) is 0 Å². The Morgan fingerprint density at radius 2 is 1.72 bits per heavy atom. The Balaban J connectivity index is 2.41. The van der Waals surface area contributed by atoms with Crippen LogP contribution < -0.4 is 5.32 Å². The molecular weight excluding hydrogens is 228 g/mol. The molecule has 0 aliphatic carbocycles. The van der Waals surface area contributed by atoms with Crippen LogP contribution in [-0.4, -0.2) is 22.2 Å². The molecule has 1 N–H and O–H groups in total. The van der Waals surface area contributed by atoms with Crippen LogP contribution in [0, 0.1) is 13.8 Å². The van der Waals surface area contributed by atoms with Crippen molar-refractivity contribution in [1.29, 1.82) is 0 Å². The SMILES string of the molecule is CNC(C)(C)c1nc(-c2cc(C)nc(C)c2)no1. The van der Waals surface area contributed by atoms with Crippen LogP contribution in [0.5, 0.6) is 0 Å². The van der Waals surface area contributed by atoms with Crippen LogP contribution >= 0.6 is 0 Å². The van der Waals surface area contributed by atoms with Gasteiger partial charge in [0.15, 0.2) is 0 Å². The normalized spacial score (nSPS) is 11.8. The van der Waals surface area contributed by atoms with Gasteiger partial charge in [-0.3, -0.25) is 4.98 Å². The second-order valence-corrected chi connectivity index (χ2v) is 4.94. The molecule has 0 amide bonds. The molecule has 18 heavy (non-hydrogen) atoms. The first kappa shape index (κ1) is 12.7. The summed E-state index contributed by atoms with van der Waals surface area (Å²) in [5.74, 6) is 1.18. The zero-order chi connectivity index (χ0) is 13.3. The summed E-state index contributed by atoms with van der Waals surface area (Å²) in [4.78, 5) is 8.77. The number of pyridine rings is 1. The maximum absolute atomic E-state index is 5.31. The lowest BCUT2D eigenvalue weighted by atomic mass is 10.1. The van der Waals surface area contributed by atoms with E-state index in [4.69, 9.17) is 4.52 Å². The Kier molecular flexibility index (Phi) is 3.17. The van der Waals surface area contributed by atoms with Gasteiger partial charge in [-0.05, 0) is 46.9 Å². The van der Waals surface area contributed by atoms with E-state index in [1.807, 2.05) is 46.9 Å². The molecule has 0 atom stereocenters. The first-order valence-corrected chi connectivity index (χ1v) is 5.91. The Bertz CT molecular complexity index is 540. The molecule has 0 aliphatic heterocycles. The standard InChI is InChI=1S/C13H18N4O/c1-8-6-10(7-9(2)15-8)11-16-12(18-17-11)13(3,4)14-5/h6-7,14H,1-5H3. The monoisotopic (exact) mass is 246 g/mol. The minimum Gasteiger partial charge on any atom is -0.337 e. The van der Waals surface area contributed by atoms with Gasteiger partial charge in [-0.25, -0.2) is 0 Å². The summed E-state index contributed by atoms with van der Waals surface area (Å²) in [6.45, 7) is 7.89. The zero-order valence-corrected chi connectivity index (χ0v) is 11.4. The minimum absolute atomic E-state index is 0.331. The van der Waals surface area contributed by atoms with E-state index in [0.717, 1.165) is 17.0 Å².